The zero-order valence-corrected chi connectivity index (χ0v) is 17.3. The minimum Gasteiger partial charge on any atom is -0.445 e. The molecular formula is C23H24N4O4. The highest BCUT2D eigenvalue weighted by Gasteiger charge is 2.32. The Labute approximate surface area is 180 Å². The van der Waals surface area contributed by atoms with Gasteiger partial charge in [0, 0.05) is 31.4 Å². The molecule has 1 fully saturated rings. The lowest BCUT2D eigenvalue weighted by Crippen LogP contribution is -2.44. The highest BCUT2D eigenvalue weighted by molar-refractivity contribution is 6.00. The molecule has 0 saturated carbocycles. The molecule has 3 heterocycles. The SMILES string of the molecule is CON(C(=O)C1CCN(C(=O)OCc2ccccc2)CC1)c1ccnc2cccnc12. The fourth-order valence-electron chi connectivity index (χ4n) is 3.72. The molecule has 0 atom stereocenters. The van der Waals surface area contributed by atoms with Gasteiger partial charge >= 0.3 is 6.09 Å². The summed E-state index contributed by atoms with van der Waals surface area (Å²) in [5, 5.41) is 1.28. The van der Waals surface area contributed by atoms with Gasteiger partial charge in [0.25, 0.3) is 5.91 Å². The van der Waals surface area contributed by atoms with Gasteiger partial charge in [-0.3, -0.25) is 19.6 Å². The van der Waals surface area contributed by atoms with Gasteiger partial charge in [0.15, 0.2) is 0 Å². The van der Waals surface area contributed by atoms with Crippen molar-refractivity contribution in [3.8, 4) is 0 Å². The number of nitrogens with zero attached hydrogens (tertiary/aromatic N) is 4. The maximum atomic E-state index is 13.2. The Bertz CT molecular complexity index is 1050. The average molecular weight is 420 g/mol. The molecule has 1 saturated heterocycles. The summed E-state index contributed by atoms with van der Waals surface area (Å²) in [6, 6.07) is 14.9. The van der Waals surface area contributed by atoms with Crippen LogP contribution in [0.4, 0.5) is 10.5 Å². The van der Waals surface area contributed by atoms with Crippen LogP contribution in [-0.2, 0) is 21.0 Å². The van der Waals surface area contributed by atoms with Crippen LogP contribution in [0.1, 0.15) is 18.4 Å². The van der Waals surface area contributed by atoms with E-state index in [1.165, 1.54) is 12.2 Å². The van der Waals surface area contributed by atoms with E-state index < -0.39 is 0 Å². The number of hydrogen-bond donors (Lipinski definition) is 0. The lowest BCUT2D eigenvalue weighted by atomic mass is 9.96. The number of hydrogen-bond acceptors (Lipinski definition) is 6. The van der Waals surface area contributed by atoms with Gasteiger partial charge in [-0.15, -0.1) is 0 Å². The second-order valence-corrected chi connectivity index (χ2v) is 7.32. The van der Waals surface area contributed by atoms with Gasteiger partial charge in [-0.1, -0.05) is 30.3 Å². The van der Waals surface area contributed by atoms with E-state index in [1.54, 1.807) is 29.4 Å². The minimum absolute atomic E-state index is 0.155. The molecule has 2 aromatic heterocycles. The Morgan fingerprint density at radius 3 is 2.55 bits per heavy atom. The zero-order valence-electron chi connectivity index (χ0n) is 17.3. The third kappa shape index (κ3) is 4.64. The van der Waals surface area contributed by atoms with Crippen LogP contribution in [0.3, 0.4) is 0 Å². The molecule has 1 aliphatic rings. The molecule has 31 heavy (non-hydrogen) atoms. The first-order valence-electron chi connectivity index (χ1n) is 10.2. The molecule has 0 unspecified atom stereocenters. The predicted molar refractivity (Wildman–Crippen MR) is 115 cm³/mol. The van der Waals surface area contributed by atoms with Crippen molar-refractivity contribution in [1.82, 2.24) is 14.9 Å². The van der Waals surface area contributed by atoms with Crippen LogP contribution in [0, 0.1) is 5.92 Å². The van der Waals surface area contributed by atoms with Crippen LogP contribution in [0.5, 0.6) is 0 Å². The van der Waals surface area contributed by atoms with Crippen molar-refractivity contribution in [1.29, 1.82) is 0 Å². The summed E-state index contributed by atoms with van der Waals surface area (Å²) in [5.74, 6) is -0.414. The second-order valence-electron chi connectivity index (χ2n) is 7.32. The van der Waals surface area contributed by atoms with Gasteiger partial charge in [0.2, 0.25) is 0 Å². The van der Waals surface area contributed by atoms with Gasteiger partial charge in [0.05, 0.1) is 12.6 Å². The van der Waals surface area contributed by atoms with Crippen molar-refractivity contribution in [2.24, 2.45) is 5.92 Å². The number of carbonyl (C=O) groups is 2. The molecule has 4 rings (SSSR count). The number of anilines is 1. The number of carbonyl (C=O) groups excluding carboxylic acids is 2. The van der Waals surface area contributed by atoms with Crippen LogP contribution in [0.15, 0.2) is 60.9 Å². The van der Waals surface area contributed by atoms with Crippen molar-refractivity contribution < 1.29 is 19.2 Å². The number of likely N-dealkylation sites (tertiary alicyclic amines) is 1. The third-order valence-corrected chi connectivity index (χ3v) is 5.38. The number of rotatable bonds is 5. The van der Waals surface area contributed by atoms with Crippen molar-refractivity contribution >= 4 is 28.7 Å². The van der Waals surface area contributed by atoms with E-state index in [-0.39, 0.29) is 24.5 Å². The largest absolute Gasteiger partial charge is 0.445 e. The average Bonchev–Trinajstić information content (AvgIpc) is 2.84. The lowest BCUT2D eigenvalue weighted by Gasteiger charge is -2.32. The molecule has 2 amide bonds. The number of benzene rings is 1. The Hall–Kier alpha value is -3.52. The van der Waals surface area contributed by atoms with Gasteiger partial charge in [-0.2, -0.15) is 5.06 Å². The quantitative estimate of drug-likeness (QED) is 0.587. The monoisotopic (exact) mass is 420 g/mol. The van der Waals surface area contributed by atoms with Gasteiger partial charge < -0.3 is 9.64 Å². The molecule has 1 aromatic carbocycles. The number of hydroxylamine groups is 1. The highest BCUT2D eigenvalue weighted by Crippen LogP contribution is 2.28. The summed E-state index contributed by atoms with van der Waals surface area (Å²) in [5.41, 5.74) is 2.78. The number of piperidine rings is 1. The fourth-order valence-corrected chi connectivity index (χ4v) is 3.72. The molecule has 1 aliphatic heterocycles. The summed E-state index contributed by atoms with van der Waals surface area (Å²) in [6.45, 7) is 1.14. The van der Waals surface area contributed by atoms with E-state index in [9.17, 15) is 9.59 Å². The minimum atomic E-state index is -0.359. The van der Waals surface area contributed by atoms with Gasteiger partial charge in [-0.05, 0) is 36.6 Å². The smallest absolute Gasteiger partial charge is 0.410 e. The third-order valence-electron chi connectivity index (χ3n) is 5.38. The number of aromatic nitrogens is 2. The molecule has 0 spiro atoms. The first kappa shape index (κ1) is 20.7. The molecule has 8 nitrogen and oxygen atoms in total. The first-order valence-corrected chi connectivity index (χ1v) is 10.2. The van der Waals surface area contributed by atoms with E-state index in [1.807, 2.05) is 36.4 Å². The molecule has 0 N–H and O–H groups in total. The zero-order chi connectivity index (χ0) is 21.6. The van der Waals surface area contributed by atoms with Crippen molar-refractivity contribution in [3.63, 3.8) is 0 Å². The molecular weight excluding hydrogens is 396 g/mol. The highest BCUT2D eigenvalue weighted by atomic mass is 16.7. The summed E-state index contributed by atoms with van der Waals surface area (Å²) in [7, 11) is 1.46. The summed E-state index contributed by atoms with van der Waals surface area (Å²) in [4.78, 5) is 41.3. The van der Waals surface area contributed by atoms with E-state index >= 15 is 0 Å². The summed E-state index contributed by atoms with van der Waals surface area (Å²) in [6.07, 6.45) is 4.00. The normalized spacial score (nSPS) is 14.4. The van der Waals surface area contributed by atoms with Crippen LogP contribution < -0.4 is 5.06 Å². The second kappa shape index (κ2) is 9.53. The van der Waals surface area contributed by atoms with Crippen molar-refractivity contribution in [3.05, 3.63) is 66.5 Å². The molecule has 160 valence electrons. The number of amides is 2. The lowest BCUT2D eigenvalue weighted by molar-refractivity contribution is -0.130. The number of fused-ring (bicyclic) bond motifs is 1. The van der Waals surface area contributed by atoms with Crippen molar-refractivity contribution in [2.75, 3.05) is 25.3 Å². The van der Waals surface area contributed by atoms with Gasteiger partial charge in [0.1, 0.15) is 17.8 Å². The predicted octanol–water partition coefficient (Wildman–Crippen LogP) is 3.57. The van der Waals surface area contributed by atoms with Crippen LogP contribution in [-0.4, -0.2) is 47.1 Å². The summed E-state index contributed by atoms with van der Waals surface area (Å²) >= 11 is 0. The molecule has 0 aliphatic carbocycles. The van der Waals surface area contributed by atoms with Crippen LogP contribution in [0.25, 0.3) is 11.0 Å². The van der Waals surface area contributed by atoms with E-state index in [4.69, 9.17) is 9.57 Å². The van der Waals surface area contributed by atoms with E-state index in [2.05, 4.69) is 9.97 Å². The Morgan fingerprint density at radius 2 is 1.81 bits per heavy atom. The first-order chi connectivity index (χ1) is 15.2. The number of pyridine rings is 2. The van der Waals surface area contributed by atoms with Crippen LogP contribution >= 0.6 is 0 Å². The Kier molecular flexibility index (Phi) is 6.37. The molecule has 8 heteroatoms. The Balaban J connectivity index is 1.37. The van der Waals surface area contributed by atoms with E-state index in [0.29, 0.717) is 42.7 Å². The van der Waals surface area contributed by atoms with Crippen molar-refractivity contribution in [2.45, 2.75) is 19.4 Å². The van der Waals surface area contributed by atoms with Crippen LogP contribution in [0.2, 0.25) is 0 Å². The maximum Gasteiger partial charge on any atom is 0.410 e. The van der Waals surface area contributed by atoms with E-state index in [0.717, 1.165) is 5.56 Å². The molecule has 0 bridgehead atoms. The molecule has 0 radical (unpaired) electrons. The Morgan fingerprint density at radius 1 is 1.03 bits per heavy atom. The fraction of sp³-hybridized carbons (Fsp3) is 0.304. The topological polar surface area (TPSA) is 84.9 Å². The summed E-state index contributed by atoms with van der Waals surface area (Å²) < 4.78 is 5.40. The molecule has 3 aromatic rings. The number of ether oxygens (including phenoxy) is 1. The maximum absolute atomic E-state index is 13.2. The standard InChI is InChI=1S/C23H24N4O4/c1-30-27(20-9-13-24-19-8-5-12-25-21(19)20)22(28)18-10-14-26(15-11-18)23(29)31-16-17-6-3-2-4-7-17/h2-9,12-13,18H,10-11,14-16H2,1H3. The van der Waals surface area contributed by atoms with Gasteiger partial charge in [-0.25, -0.2) is 4.79 Å².